The molecule has 2 amide bonds. The van der Waals surface area contributed by atoms with Crippen LogP contribution in [-0.4, -0.2) is 15.6 Å². The van der Waals surface area contributed by atoms with Crippen molar-refractivity contribution in [2.24, 2.45) is 13.0 Å². The van der Waals surface area contributed by atoms with Crippen LogP contribution >= 0.6 is 11.3 Å². The third-order valence-corrected chi connectivity index (χ3v) is 5.28. The van der Waals surface area contributed by atoms with Crippen LogP contribution in [0.4, 0.5) is 4.79 Å². The summed E-state index contributed by atoms with van der Waals surface area (Å²) in [6.45, 7) is 4.22. The maximum atomic E-state index is 12.8. The lowest BCUT2D eigenvalue weighted by atomic mass is 10.0. The molecule has 0 aliphatic heterocycles. The van der Waals surface area contributed by atoms with Crippen molar-refractivity contribution in [3.05, 3.63) is 76.5 Å². The van der Waals surface area contributed by atoms with E-state index in [1.165, 1.54) is 0 Å². The number of carbonyl (C=O) groups excluding carboxylic acids is 1. The van der Waals surface area contributed by atoms with Gasteiger partial charge in [-0.1, -0.05) is 50.2 Å². The lowest BCUT2D eigenvalue weighted by molar-refractivity contribution is 0.230. The van der Waals surface area contributed by atoms with Crippen molar-refractivity contribution in [1.29, 1.82) is 0 Å². The Balaban J connectivity index is 1.80. The average Bonchev–Trinajstić information content (AvgIpc) is 3.30. The van der Waals surface area contributed by atoms with Crippen molar-refractivity contribution in [3.63, 3.8) is 0 Å². The lowest BCUT2D eigenvalue weighted by Gasteiger charge is -2.24. The lowest BCUT2D eigenvalue weighted by Crippen LogP contribution is -2.42. The Labute approximate surface area is 158 Å². The Morgan fingerprint density at radius 2 is 1.88 bits per heavy atom. The summed E-state index contributed by atoms with van der Waals surface area (Å²) in [6.07, 6.45) is 3.63. The minimum Gasteiger partial charge on any atom is -0.336 e. The molecule has 0 aliphatic rings. The fourth-order valence-electron chi connectivity index (χ4n) is 2.95. The highest BCUT2D eigenvalue weighted by Gasteiger charge is 2.24. The Morgan fingerprint density at radius 1 is 1.12 bits per heavy atom. The Kier molecular flexibility index (Phi) is 5.73. The molecule has 6 heteroatoms. The molecular weight excluding hydrogens is 344 g/mol. The minimum atomic E-state index is -0.313. The van der Waals surface area contributed by atoms with Crippen LogP contribution in [0.2, 0.25) is 0 Å². The molecule has 26 heavy (non-hydrogen) atoms. The number of nitrogens with zero attached hydrogens (tertiary/aromatic N) is 2. The summed E-state index contributed by atoms with van der Waals surface area (Å²) in [5, 5.41) is 8.25. The largest absolute Gasteiger partial charge is 0.336 e. The van der Waals surface area contributed by atoms with Crippen LogP contribution in [0.1, 0.15) is 42.2 Å². The second-order valence-corrected chi connectivity index (χ2v) is 7.57. The van der Waals surface area contributed by atoms with Gasteiger partial charge in [0.05, 0.1) is 6.04 Å². The van der Waals surface area contributed by atoms with E-state index in [-0.39, 0.29) is 18.1 Å². The number of amides is 2. The van der Waals surface area contributed by atoms with E-state index in [4.69, 9.17) is 0 Å². The van der Waals surface area contributed by atoms with E-state index >= 15 is 0 Å². The van der Waals surface area contributed by atoms with E-state index in [0.717, 1.165) is 16.3 Å². The summed E-state index contributed by atoms with van der Waals surface area (Å²) in [4.78, 5) is 18.4. The van der Waals surface area contributed by atoms with Crippen molar-refractivity contribution < 1.29 is 4.79 Å². The van der Waals surface area contributed by atoms with E-state index in [1.54, 1.807) is 17.5 Å². The van der Waals surface area contributed by atoms with E-state index in [0.29, 0.717) is 5.92 Å². The first-order chi connectivity index (χ1) is 12.6. The number of benzene rings is 1. The molecule has 2 aromatic heterocycles. The first-order valence-corrected chi connectivity index (χ1v) is 9.57. The molecule has 0 saturated carbocycles. The van der Waals surface area contributed by atoms with E-state index in [1.807, 2.05) is 59.6 Å². The van der Waals surface area contributed by atoms with Crippen LogP contribution in [0.5, 0.6) is 0 Å². The van der Waals surface area contributed by atoms with Gasteiger partial charge in [-0.25, -0.2) is 9.78 Å². The van der Waals surface area contributed by atoms with Gasteiger partial charge in [0, 0.05) is 24.3 Å². The summed E-state index contributed by atoms with van der Waals surface area (Å²) < 4.78 is 1.93. The number of imidazole rings is 1. The van der Waals surface area contributed by atoms with Gasteiger partial charge in [0.1, 0.15) is 11.9 Å². The maximum Gasteiger partial charge on any atom is 0.316 e. The van der Waals surface area contributed by atoms with Crippen molar-refractivity contribution in [1.82, 2.24) is 20.2 Å². The first-order valence-electron chi connectivity index (χ1n) is 8.69. The van der Waals surface area contributed by atoms with Gasteiger partial charge in [0.2, 0.25) is 0 Å². The topological polar surface area (TPSA) is 59.0 Å². The summed E-state index contributed by atoms with van der Waals surface area (Å²) in [7, 11) is 1.93. The van der Waals surface area contributed by atoms with Crippen molar-refractivity contribution in [2.75, 3.05) is 0 Å². The SMILES string of the molecule is CC(C)C(NC(=O)NC(c1ccccc1)c1nccn1C)c1cccs1. The standard InChI is InChI=1S/C20H24N4OS/c1-14(2)17(16-10-7-13-26-16)22-20(25)23-18(15-8-5-4-6-9-15)19-21-11-12-24(19)3/h4-14,17-18H,1-3H3,(H2,22,23,25). The number of urea groups is 1. The minimum absolute atomic E-state index is 0.0206. The van der Waals surface area contributed by atoms with Gasteiger partial charge >= 0.3 is 6.03 Å². The zero-order valence-electron chi connectivity index (χ0n) is 15.2. The normalized spacial score (nSPS) is 13.4. The molecular formula is C20H24N4OS. The quantitative estimate of drug-likeness (QED) is 0.683. The van der Waals surface area contributed by atoms with Crippen LogP contribution in [0.15, 0.2) is 60.2 Å². The summed E-state index contributed by atoms with van der Waals surface area (Å²) in [5.41, 5.74) is 0.995. The third-order valence-electron chi connectivity index (χ3n) is 4.33. The predicted molar refractivity (Wildman–Crippen MR) is 105 cm³/mol. The van der Waals surface area contributed by atoms with Crippen LogP contribution in [0, 0.1) is 5.92 Å². The fourth-order valence-corrected chi connectivity index (χ4v) is 3.90. The number of thiophene rings is 1. The highest BCUT2D eigenvalue weighted by Crippen LogP contribution is 2.26. The Bertz CT molecular complexity index is 827. The highest BCUT2D eigenvalue weighted by atomic mass is 32.1. The number of rotatable bonds is 6. The fraction of sp³-hybridized carbons (Fsp3) is 0.300. The van der Waals surface area contributed by atoms with Crippen molar-refractivity contribution >= 4 is 17.4 Å². The highest BCUT2D eigenvalue weighted by molar-refractivity contribution is 7.10. The Hall–Kier alpha value is -2.60. The summed E-state index contributed by atoms with van der Waals surface area (Å²) in [5.74, 6) is 1.09. The van der Waals surface area contributed by atoms with Gasteiger partial charge in [-0.3, -0.25) is 0 Å². The van der Waals surface area contributed by atoms with Crippen LogP contribution < -0.4 is 10.6 Å². The van der Waals surface area contributed by atoms with Crippen LogP contribution in [0.3, 0.4) is 0 Å². The molecule has 2 heterocycles. The number of hydrogen-bond acceptors (Lipinski definition) is 3. The summed E-state index contributed by atoms with van der Waals surface area (Å²) in [6, 6.07) is 13.4. The molecule has 3 rings (SSSR count). The molecule has 2 atom stereocenters. The Morgan fingerprint density at radius 3 is 2.46 bits per heavy atom. The number of aromatic nitrogens is 2. The van der Waals surface area contributed by atoms with E-state index < -0.39 is 0 Å². The molecule has 0 aliphatic carbocycles. The molecule has 0 radical (unpaired) electrons. The molecule has 136 valence electrons. The zero-order chi connectivity index (χ0) is 18.5. The second-order valence-electron chi connectivity index (χ2n) is 6.59. The smallest absolute Gasteiger partial charge is 0.316 e. The van der Waals surface area contributed by atoms with Gasteiger partial charge < -0.3 is 15.2 Å². The second kappa shape index (κ2) is 8.19. The van der Waals surface area contributed by atoms with Crippen LogP contribution in [0.25, 0.3) is 0 Å². The summed E-state index contributed by atoms with van der Waals surface area (Å²) >= 11 is 1.66. The molecule has 0 fully saturated rings. The number of hydrogen-bond donors (Lipinski definition) is 2. The molecule has 2 unspecified atom stereocenters. The van der Waals surface area contributed by atoms with Gasteiger partial charge in [0.15, 0.2) is 0 Å². The van der Waals surface area contributed by atoms with Gasteiger partial charge in [-0.15, -0.1) is 11.3 Å². The number of aryl methyl sites for hydroxylation is 1. The number of carbonyl (C=O) groups is 1. The first kappa shape index (κ1) is 18.2. The van der Waals surface area contributed by atoms with Gasteiger partial charge in [0.25, 0.3) is 0 Å². The average molecular weight is 369 g/mol. The third kappa shape index (κ3) is 4.14. The van der Waals surface area contributed by atoms with E-state index in [9.17, 15) is 4.79 Å². The van der Waals surface area contributed by atoms with E-state index in [2.05, 4.69) is 35.5 Å². The predicted octanol–water partition coefficient (Wildman–Crippen LogP) is 4.27. The van der Waals surface area contributed by atoms with Crippen LogP contribution in [-0.2, 0) is 7.05 Å². The molecule has 0 saturated heterocycles. The molecule has 0 spiro atoms. The van der Waals surface area contributed by atoms with Crippen molar-refractivity contribution in [3.8, 4) is 0 Å². The zero-order valence-corrected chi connectivity index (χ0v) is 16.0. The monoisotopic (exact) mass is 368 g/mol. The van der Waals surface area contributed by atoms with Crippen molar-refractivity contribution in [2.45, 2.75) is 25.9 Å². The number of nitrogens with one attached hydrogen (secondary N) is 2. The van der Waals surface area contributed by atoms with Gasteiger partial charge in [-0.2, -0.15) is 0 Å². The maximum absolute atomic E-state index is 12.8. The molecule has 5 nitrogen and oxygen atoms in total. The molecule has 0 bridgehead atoms. The molecule has 3 aromatic rings. The molecule has 1 aromatic carbocycles. The molecule has 2 N–H and O–H groups in total. The van der Waals surface area contributed by atoms with Gasteiger partial charge in [-0.05, 0) is 22.9 Å².